The first-order valence-electron chi connectivity index (χ1n) is 9.95. The van der Waals surface area contributed by atoms with Crippen molar-refractivity contribution in [3.63, 3.8) is 0 Å². The van der Waals surface area contributed by atoms with Crippen molar-refractivity contribution in [3.05, 3.63) is 60.9 Å². The first-order chi connectivity index (χ1) is 13.7. The second kappa shape index (κ2) is 6.91. The third kappa shape index (κ3) is 2.83. The van der Waals surface area contributed by atoms with E-state index in [0.717, 1.165) is 59.7 Å². The van der Waals surface area contributed by atoms with Gasteiger partial charge in [-0.05, 0) is 45.1 Å². The van der Waals surface area contributed by atoms with Crippen LogP contribution < -0.4 is 0 Å². The lowest BCUT2D eigenvalue weighted by atomic mass is 10.0. The summed E-state index contributed by atoms with van der Waals surface area (Å²) < 4.78 is 4.57. The SMILES string of the molecule is CN1CCC(n2cnc(-c3ccccc3)c2-c2nc3ccccc3n2C)CC1. The van der Waals surface area contributed by atoms with E-state index in [4.69, 9.17) is 9.97 Å². The second-order valence-electron chi connectivity index (χ2n) is 7.73. The van der Waals surface area contributed by atoms with Crippen LogP contribution in [0.3, 0.4) is 0 Å². The van der Waals surface area contributed by atoms with Crippen molar-refractivity contribution < 1.29 is 0 Å². The average Bonchev–Trinajstić information content (AvgIpc) is 3.31. The number of likely N-dealkylation sites (tertiary alicyclic amines) is 1. The van der Waals surface area contributed by atoms with E-state index in [1.54, 1.807) is 0 Å². The Morgan fingerprint density at radius 1 is 0.893 bits per heavy atom. The monoisotopic (exact) mass is 371 g/mol. The number of para-hydroxylation sites is 2. The fourth-order valence-corrected chi connectivity index (χ4v) is 4.30. The van der Waals surface area contributed by atoms with E-state index in [1.165, 1.54) is 0 Å². The largest absolute Gasteiger partial charge is 0.326 e. The van der Waals surface area contributed by atoms with Gasteiger partial charge in [-0.15, -0.1) is 0 Å². The highest BCUT2D eigenvalue weighted by molar-refractivity contribution is 5.84. The van der Waals surface area contributed by atoms with Crippen LogP contribution in [-0.2, 0) is 7.05 Å². The maximum atomic E-state index is 5.00. The maximum absolute atomic E-state index is 5.00. The molecule has 2 aromatic heterocycles. The van der Waals surface area contributed by atoms with Gasteiger partial charge in [0.15, 0.2) is 5.82 Å². The van der Waals surface area contributed by atoms with Gasteiger partial charge in [0.1, 0.15) is 5.69 Å². The molecule has 0 unspecified atom stereocenters. The molecule has 0 bridgehead atoms. The summed E-state index contributed by atoms with van der Waals surface area (Å²) in [5.41, 5.74) is 5.44. The second-order valence-corrected chi connectivity index (χ2v) is 7.73. The molecule has 0 N–H and O–H groups in total. The molecule has 28 heavy (non-hydrogen) atoms. The van der Waals surface area contributed by atoms with E-state index in [-0.39, 0.29) is 0 Å². The van der Waals surface area contributed by atoms with Gasteiger partial charge in [-0.25, -0.2) is 9.97 Å². The number of nitrogens with zero attached hydrogens (tertiary/aromatic N) is 5. The smallest absolute Gasteiger partial charge is 0.159 e. The summed E-state index contributed by atoms with van der Waals surface area (Å²) in [5, 5.41) is 0. The van der Waals surface area contributed by atoms with Gasteiger partial charge in [-0.1, -0.05) is 42.5 Å². The molecule has 0 spiro atoms. The minimum absolute atomic E-state index is 0.455. The number of fused-ring (bicyclic) bond motifs is 1. The van der Waals surface area contributed by atoms with Crippen LogP contribution in [0.1, 0.15) is 18.9 Å². The van der Waals surface area contributed by atoms with Gasteiger partial charge in [0, 0.05) is 18.7 Å². The molecule has 0 aliphatic carbocycles. The maximum Gasteiger partial charge on any atom is 0.159 e. The molecule has 1 saturated heterocycles. The lowest BCUT2D eigenvalue weighted by Gasteiger charge is -2.30. The predicted octanol–water partition coefficient (Wildman–Crippen LogP) is 4.37. The van der Waals surface area contributed by atoms with E-state index >= 15 is 0 Å². The van der Waals surface area contributed by atoms with Crippen LogP contribution >= 0.6 is 0 Å². The zero-order chi connectivity index (χ0) is 19.1. The molecule has 4 aromatic rings. The minimum Gasteiger partial charge on any atom is -0.326 e. The molecule has 5 nitrogen and oxygen atoms in total. The molecule has 3 heterocycles. The fraction of sp³-hybridized carbons (Fsp3) is 0.304. The topological polar surface area (TPSA) is 38.9 Å². The summed E-state index contributed by atoms with van der Waals surface area (Å²) in [6, 6.07) is 19.2. The zero-order valence-electron chi connectivity index (χ0n) is 16.4. The number of hydrogen-bond acceptors (Lipinski definition) is 3. The van der Waals surface area contributed by atoms with Gasteiger partial charge in [-0.2, -0.15) is 0 Å². The molecule has 1 aliphatic heterocycles. The zero-order valence-corrected chi connectivity index (χ0v) is 16.4. The van der Waals surface area contributed by atoms with Crippen molar-refractivity contribution in [1.29, 1.82) is 0 Å². The van der Waals surface area contributed by atoms with Gasteiger partial charge >= 0.3 is 0 Å². The highest BCUT2D eigenvalue weighted by Gasteiger charge is 2.26. The van der Waals surface area contributed by atoms with E-state index in [1.807, 2.05) is 18.5 Å². The van der Waals surface area contributed by atoms with Crippen molar-refractivity contribution in [2.45, 2.75) is 18.9 Å². The highest BCUT2D eigenvalue weighted by Crippen LogP contribution is 2.36. The van der Waals surface area contributed by atoms with Crippen molar-refractivity contribution in [2.24, 2.45) is 7.05 Å². The first-order valence-corrected chi connectivity index (χ1v) is 9.95. The van der Waals surface area contributed by atoms with E-state index in [9.17, 15) is 0 Å². The Balaban J connectivity index is 1.71. The number of rotatable bonds is 3. The molecule has 142 valence electrons. The summed E-state index contributed by atoms with van der Waals surface area (Å²) in [6.07, 6.45) is 4.29. The van der Waals surface area contributed by atoms with Crippen LogP contribution in [0.2, 0.25) is 0 Å². The van der Waals surface area contributed by atoms with Crippen LogP contribution in [0.4, 0.5) is 0 Å². The Kier molecular flexibility index (Phi) is 4.24. The Morgan fingerprint density at radius 3 is 2.36 bits per heavy atom. The number of piperidine rings is 1. The molecule has 2 aromatic carbocycles. The Bertz CT molecular complexity index is 1100. The van der Waals surface area contributed by atoms with Gasteiger partial charge in [0.25, 0.3) is 0 Å². The molecule has 1 fully saturated rings. The van der Waals surface area contributed by atoms with E-state index < -0.39 is 0 Å². The van der Waals surface area contributed by atoms with E-state index in [0.29, 0.717) is 6.04 Å². The summed E-state index contributed by atoms with van der Waals surface area (Å²) >= 11 is 0. The first kappa shape index (κ1) is 17.2. The summed E-state index contributed by atoms with van der Waals surface area (Å²) in [5.74, 6) is 0.983. The number of hydrogen-bond donors (Lipinski definition) is 0. The molecule has 0 atom stereocenters. The summed E-state index contributed by atoms with van der Waals surface area (Å²) in [4.78, 5) is 12.3. The normalized spacial score (nSPS) is 16.1. The van der Waals surface area contributed by atoms with Crippen LogP contribution in [0.25, 0.3) is 33.8 Å². The van der Waals surface area contributed by atoms with Crippen molar-refractivity contribution in [2.75, 3.05) is 20.1 Å². The van der Waals surface area contributed by atoms with Crippen LogP contribution in [0.5, 0.6) is 0 Å². The van der Waals surface area contributed by atoms with Crippen LogP contribution in [0, 0.1) is 0 Å². The van der Waals surface area contributed by atoms with Gasteiger partial charge in [0.2, 0.25) is 0 Å². The summed E-state index contributed by atoms with van der Waals surface area (Å²) in [7, 11) is 4.30. The van der Waals surface area contributed by atoms with Crippen molar-refractivity contribution in [1.82, 2.24) is 24.0 Å². The number of aryl methyl sites for hydroxylation is 1. The molecular weight excluding hydrogens is 346 g/mol. The lowest BCUT2D eigenvalue weighted by Crippen LogP contribution is -2.31. The van der Waals surface area contributed by atoms with Crippen LogP contribution in [0.15, 0.2) is 60.9 Å². The number of imidazole rings is 2. The third-order valence-corrected chi connectivity index (χ3v) is 5.92. The average molecular weight is 371 g/mol. The van der Waals surface area contributed by atoms with Gasteiger partial charge < -0.3 is 14.0 Å². The molecule has 1 aliphatic rings. The highest BCUT2D eigenvalue weighted by atomic mass is 15.2. The molecule has 5 rings (SSSR count). The quantitative estimate of drug-likeness (QED) is 0.537. The summed E-state index contributed by atoms with van der Waals surface area (Å²) in [6.45, 7) is 2.23. The molecule has 5 heteroatoms. The molecule has 0 saturated carbocycles. The molecule has 0 amide bonds. The van der Waals surface area contributed by atoms with E-state index in [2.05, 4.69) is 70.6 Å². The standard InChI is InChI=1S/C23H25N5/c1-26-14-12-18(13-15-26)28-16-24-21(17-8-4-3-5-9-17)22(28)23-25-19-10-6-7-11-20(19)27(23)2/h3-11,16,18H,12-15H2,1-2H3. The van der Waals surface area contributed by atoms with Crippen molar-refractivity contribution in [3.8, 4) is 22.8 Å². The molecule has 0 radical (unpaired) electrons. The fourth-order valence-electron chi connectivity index (χ4n) is 4.30. The Labute approximate surface area is 165 Å². The predicted molar refractivity (Wildman–Crippen MR) is 113 cm³/mol. The number of benzene rings is 2. The van der Waals surface area contributed by atoms with Gasteiger partial charge in [-0.3, -0.25) is 0 Å². The van der Waals surface area contributed by atoms with Crippen molar-refractivity contribution >= 4 is 11.0 Å². The number of aromatic nitrogens is 4. The Hall–Kier alpha value is -2.92. The lowest BCUT2D eigenvalue weighted by molar-refractivity contribution is 0.222. The molecular formula is C23H25N5. The van der Waals surface area contributed by atoms with Crippen LogP contribution in [-0.4, -0.2) is 44.1 Å². The minimum atomic E-state index is 0.455. The third-order valence-electron chi connectivity index (χ3n) is 5.92. The van der Waals surface area contributed by atoms with Gasteiger partial charge in [0.05, 0.1) is 23.1 Å². The Morgan fingerprint density at radius 2 is 1.61 bits per heavy atom.